The highest BCUT2D eigenvalue weighted by atomic mass is 35.5. The lowest BCUT2D eigenvalue weighted by Crippen LogP contribution is -2.35. The van der Waals surface area contributed by atoms with Crippen molar-refractivity contribution in [2.45, 2.75) is 6.17 Å². The summed E-state index contributed by atoms with van der Waals surface area (Å²) >= 11 is 5.85. The predicted octanol–water partition coefficient (Wildman–Crippen LogP) is 2.77. The molecule has 0 saturated carbocycles. The molecule has 0 radical (unpaired) electrons. The second-order valence-electron chi connectivity index (χ2n) is 4.92. The van der Waals surface area contributed by atoms with Gasteiger partial charge in [-0.1, -0.05) is 35.9 Å². The molecule has 0 spiro atoms. The number of nitrogens with zero attached hydrogens (tertiary/aromatic N) is 2. The van der Waals surface area contributed by atoms with Gasteiger partial charge in [0.25, 0.3) is 11.8 Å². The van der Waals surface area contributed by atoms with Crippen LogP contribution in [0.15, 0.2) is 53.5 Å². The van der Waals surface area contributed by atoms with Gasteiger partial charge in [-0.3, -0.25) is 14.6 Å². The van der Waals surface area contributed by atoms with Gasteiger partial charge in [0.15, 0.2) is 6.17 Å². The van der Waals surface area contributed by atoms with Crippen LogP contribution < -0.4 is 0 Å². The highest BCUT2D eigenvalue weighted by Gasteiger charge is 2.46. The molecular weight excluding hydrogens is 288 g/mol. The summed E-state index contributed by atoms with van der Waals surface area (Å²) in [6.07, 6.45) is -0.487. The summed E-state index contributed by atoms with van der Waals surface area (Å²) in [5.41, 5.74) is 2.50. The first-order valence-electron chi connectivity index (χ1n) is 6.47. The van der Waals surface area contributed by atoms with Gasteiger partial charge < -0.3 is 0 Å². The van der Waals surface area contributed by atoms with E-state index in [9.17, 15) is 9.59 Å². The van der Waals surface area contributed by atoms with E-state index in [0.717, 1.165) is 11.3 Å². The molecular formula is C16H9ClN2O2. The Kier molecular flexibility index (Phi) is 2.50. The molecule has 2 aliphatic rings. The minimum atomic E-state index is -0.487. The van der Waals surface area contributed by atoms with Crippen LogP contribution in [0.4, 0.5) is 0 Å². The Morgan fingerprint density at radius 1 is 0.905 bits per heavy atom. The van der Waals surface area contributed by atoms with Crippen LogP contribution >= 0.6 is 11.6 Å². The first-order valence-corrected chi connectivity index (χ1v) is 6.85. The standard InChI is InChI=1S/C16H9ClN2O2/c17-10-7-5-9(6-8-10)13-14(18-13)19-15(20)11-3-1-2-4-12(11)16(19)21/h1-8,14H. The molecule has 5 heteroatoms. The minimum absolute atomic E-state index is 0.284. The lowest BCUT2D eigenvalue weighted by atomic mass is 10.1. The summed E-state index contributed by atoms with van der Waals surface area (Å²) in [6.45, 7) is 0. The molecule has 0 bridgehead atoms. The van der Waals surface area contributed by atoms with Crippen LogP contribution in [-0.4, -0.2) is 28.6 Å². The summed E-state index contributed by atoms with van der Waals surface area (Å²) in [5, 5.41) is 0.636. The van der Waals surface area contributed by atoms with Gasteiger partial charge in [-0.15, -0.1) is 0 Å². The number of hydrogen-bond donors (Lipinski definition) is 0. The van der Waals surface area contributed by atoms with Crippen LogP contribution in [0.5, 0.6) is 0 Å². The zero-order valence-electron chi connectivity index (χ0n) is 10.8. The Labute approximate surface area is 125 Å². The van der Waals surface area contributed by atoms with E-state index in [-0.39, 0.29) is 11.8 Å². The van der Waals surface area contributed by atoms with Crippen molar-refractivity contribution in [2.24, 2.45) is 4.99 Å². The molecule has 1 unspecified atom stereocenters. The Morgan fingerprint density at radius 2 is 1.48 bits per heavy atom. The van der Waals surface area contributed by atoms with Gasteiger partial charge in [0, 0.05) is 5.02 Å². The molecule has 2 aromatic rings. The van der Waals surface area contributed by atoms with E-state index in [1.807, 2.05) is 12.1 Å². The topological polar surface area (TPSA) is 49.7 Å². The number of fused-ring (bicyclic) bond motifs is 1. The zero-order valence-corrected chi connectivity index (χ0v) is 11.5. The molecule has 21 heavy (non-hydrogen) atoms. The van der Waals surface area contributed by atoms with Crippen molar-refractivity contribution in [3.63, 3.8) is 0 Å². The van der Waals surface area contributed by atoms with Gasteiger partial charge in [-0.05, 0) is 29.8 Å². The largest absolute Gasteiger partial charge is 0.268 e. The van der Waals surface area contributed by atoms with Crippen LogP contribution in [0.25, 0.3) is 0 Å². The maximum absolute atomic E-state index is 12.3. The molecule has 0 saturated heterocycles. The fraction of sp³-hybridized carbons (Fsp3) is 0.0625. The molecule has 1 atom stereocenters. The average molecular weight is 297 g/mol. The van der Waals surface area contributed by atoms with Crippen LogP contribution in [0.1, 0.15) is 26.3 Å². The number of benzene rings is 2. The van der Waals surface area contributed by atoms with Gasteiger partial charge in [0.2, 0.25) is 0 Å². The Bertz CT molecular complexity index is 776. The third-order valence-corrected chi connectivity index (χ3v) is 3.90. The number of halogens is 1. The number of aliphatic imine (C=N–C) groups is 1. The molecule has 102 valence electrons. The fourth-order valence-corrected chi connectivity index (χ4v) is 2.67. The fourth-order valence-electron chi connectivity index (χ4n) is 2.55. The molecule has 4 rings (SSSR count). The normalized spacial score (nSPS) is 19.6. The highest BCUT2D eigenvalue weighted by Crippen LogP contribution is 2.32. The minimum Gasteiger partial charge on any atom is -0.268 e. The summed E-state index contributed by atoms with van der Waals surface area (Å²) < 4.78 is 0. The maximum atomic E-state index is 12.3. The van der Waals surface area contributed by atoms with E-state index in [1.54, 1.807) is 36.4 Å². The van der Waals surface area contributed by atoms with Gasteiger partial charge in [0.1, 0.15) is 0 Å². The molecule has 4 nitrogen and oxygen atoms in total. The lowest BCUT2D eigenvalue weighted by molar-refractivity contribution is 0.0648. The molecule has 2 aromatic carbocycles. The molecule has 2 amide bonds. The smallest absolute Gasteiger partial charge is 0.263 e. The van der Waals surface area contributed by atoms with Crippen LogP contribution in [-0.2, 0) is 0 Å². The molecule has 0 aliphatic carbocycles. The van der Waals surface area contributed by atoms with E-state index in [4.69, 9.17) is 11.6 Å². The number of amides is 2. The van der Waals surface area contributed by atoms with Crippen LogP contribution in [0.2, 0.25) is 5.02 Å². The van der Waals surface area contributed by atoms with Crippen molar-refractivity contribution in [1.29, 1.82) is 0 Å². The van der Waals surface area contributed by atoms with Gasteiger partial charge in [-0.2, -0.15) is 0 Å². The van der Waals surface area contributed by atoms with E-state index in [0.29, 0.717) is 16.1 Å². The number of carbonyl (C=O) groups excluding carboxylic acids is 2. The van der Waals surface area contributed by atoms with Crippen molar-refractivity contribution in [3.05, 3.63) is 70.2 Å². The second kappa shape index (κ2) is 4.27. The summed E-state index contributed by atoms with van der Waals surface area (Å²) in [6, 6.07) is 14.0. The van der Waals surface area contributed by atoms with Crippen molar-refractivity contribution < 1.29 is 9.59 Å². The summed E-state index contributed by atoms with van der Waals surface area (Å²) in [4.78, 5) is 30.2. The van der Waals surface area contributed by atoms with Crippen LogP contribution in [0.3, 0.4) is 0 Å². The van der Waals surface area contributed by atoms with Crippen molar-refractivity contribution in [2.75, 3.05) is 0 Å². The zero-order chi connectivity index (χ0) is 14.6. The van der Waals surface area contributed by atoms with Crippen LogP contribution in [0, 0.1) is 0 Å². The Morgan fingerprint density at radius 3 is 2.05 bits per heavy atom. The second-order valence-corrected chi connectivity index (χ2v) is 5.36. The molecule has 0 aromatic heterocycles. The monoisotopic (exact) mass is 296 g/mol. The van der Waals surface area contributed by atoms with Gasteiger partial charge in [-0.25, -0.2) is 4.90 Å². The van der Waals surface area contributed by atoms with Crippen molar-refractivity contribution in [1.82, 2.24) is 4.90 Å². The number of imide groups is 1. The summed E-state index contributed by atoms with van der Waals surface area (Å²) in [5.74, 6) is -0.568. The molecule has 2 heterocycles. The molecule has 2 aliphatic heterocycles. The summed E-state index contributed by atoms with van der Waals surface area (Å²) in [7, 11) is 0. The Hall–Kier alpha value is -2.46. The van der Waals surface area contributed by atoms with E-state index in [2.05, 4.69) is 4.99 Å². The molecule has 0 fully saturated rings. The van der Waals surface area contributed by atoms with Gasteiger partial charge in [0.05, 0.1) is 16.8 Å². The predicted molar refractivity (Wildman–Crippen MR) is 78.7 cm³/mol. The third-order valence-electron chi connectivity index (χ3n) is 3.65. The number of carbonyl (C=O) groups is 2. The van der Waals surface area contributed by atoms with Crippen molar-refractivity contribution in [3.8, 4) is 0 Å². The maximum Gasteiger partial charge on any atom is 0.263 e. The van der Waals surface area contributed by atoms with Crippen molar-refractivity contribution >= 4 is 29.1 Å². The average Bonchev–Trinajstić information content (AvgIpc) is 3.23. The quantitative estimate of drug-likeness (QED) is 0.800. The van der Waals surface area contributed by atoms with E-state index in [1.165, 1.54) is 4.90 Å². The SMILES string of the molecule is O=C1c2ccccc2C(=O)N1C1N=C1c1ccc(Cl)cc1. The first kappa shape index (κ1) is 12.3. The third kappa shape index (κ3) is 1.80. The lowest BCUT2D eigenvalue weighted by Gasteiger charge is -2.11. The Balaban J connectivity index is 1.62. The van der Waals surface area contributed by atoms with E-state index < -0.39 is 6.17 Å². The highest BCUT2D eigenvalue weighted by molar-refractivity contribution is 6.31. The molecule has 0 N–H and O–H groups in total. The first-order chi connectivity index (χ1) is 10.2. The van der Waals surface area contributed by atoms with Gasteiger partial charge >= 0.3 is 0 Å². The number of hydrogen-bond acceptors (Lipinski definition) is 3. The number of rotatable bonds is 2. The van der Waals surface area contributed by atoms with E-state index >= 15 is 0 Å².